The van der Waals surface area contributed by atoms with E-state index in [9.17, 15) is 0 Å². The lowest BCUT2D eigenvalue weighted by Gasteiger charge is -1.96. The van der Waals surface area contributed by atoms with Crippen LogP contribution >= 0.6 is 0 Å². The first kappa shape index (κ1) is 13.4. The summed E-state index contributed by atoms with van der Waals surface area (Å²) in [6.07, 6.45) is 5.79. The van der Waals surface area contributed by atoms with Crippen LogP contribution in [0, 0.1) is 6.92 Å². The van der Waals surface area contributed by atoms with Crippen LogP contribution in [0.5, 0.6) is 0 Å². The molecule has 0 heteroatoms. The molecule has 80 valence electrons. The Balaban J connectivity index is 0.000000423. The summed E-state index contributed by atoms with van der Waals surface area (Å²) < 4.78 is 0. The number of allylic oxidation sites excluding steroid dienone is 3. The molecule has 0 heterocycles. The van der Waals surface area contributed by atoms with Crippen molar-refractivity contribution >= 4 is 6.08 Å². The maximum atomic E-state index is 3.62. The number of hydrogen-bond donors (Lipinski definition) is 0. The second-order valence-corrected chi connectivity index (χ2v) is 3.66. The Labute approximate surface area is 93.7 Å². The molecule has 0 saturated carbocycles. The van der Waals surface area contributed by atoms with E-state index in [1.54, 1.807) is 6.08 Å². The minimum absolute atomic E-state index is 1.17. The monoisotopic (exact) mass is 200 g/mol. The van der Waals surface area contributed by atoms with Crippen molar-refractivity contribution in [3.05, 3.63) is 66.3 Å². The molecule has 0 radical (unpaired) electrons. The smallest absolute Gasteiger partial charge is 0.0227 e. The number of hydrogen-bond acceptors (Lipinski definition) is 0. The molecule has 0 bridgehead atoms. The SMILES string of the molecule is C=C(C)C.C=C/C=C\c1ccccc1C. The van der Waals surface area contributed by atoms with Crippen LogP contribution in [0.2, 0.25) is 0 Å². The van der Waals surface area contributed by atoms with Gasteiger partial charge in [0.2, 0.25) is 0 Å². The van der Waals surface area contributed by atoms with Gasteiger partial charge in [0.25, 0.3) is 0 Å². The van der Waals surface area contributed by atoms with Gasteiger partial charge in [-0.25, -0.2) is 0 Å². The Kier molecular flexibility index (Phi) is 7.00. The Bertz CT molecular complexity index is 339. The Hall–Kier alpha value is -1.56. The van der Waals surface area contributed by atoms with Crippen LogP contribution < -0.4 is 0 Å². The van der Waals surface area contributed by atoms with Crippen LogP contribution in [0.1, 0.15) is 25.0 Å². The third-order valence-corrected chi connectivity index (χ3v) is 1.60. The molecule has 0 aliphatic rings. The second-order valence-electron chi connectivity index (χ2n) is 3.66. The van der Waals surface area contributed by atoms with E-state index >= 15 is 0 Å². The standard InChI is InChI=1S/C11H12.C4H8/c1-3-4-8-11-9-6-5-7-10(11)2;1-4(2)3/h3-9H,1H2,2H3;1H2,2-3H3/b8-4-;. The normalized spacial score (nSPS) is 9.27. The van der Waals surface area contributed by atoms with Crippen LogP contribution in [-0.2, 0) is 0 Å². The van der Waals surface area contributed by atoms with Gasteiger partial charge in [0.15, 0.2) is 0 Å². The molecule has 1 aromatic rings. The third kappa shape index (κ3) is 7.51. The van der Waals surface area contributed by atoms with Gasteiger partial charge in [-0.15, -0.1) is 6.58 Å². The summed E-state index contributed by atoms with van der Waals surface area (Å²) in [7, 11) is 0. The van der Waals surface area contributed by atoms with Crippen molar-refractivity contribution in [2.75, 3.05) is 0 Å². The van der Waals surface area contributed by atoms with Crippen LogP contribution in [0.4, 0.5) is 0 Å². The molecule has 1 rings (SSSR count). The van der Waals surface area contributed by atoms with Gasteiger partial charge in [-0.3, -0.25) is 0 Å². The van der Waals surface area contributed by atoms with E-state index in [-0.39, 0.29) is 0 Å². The molecule has 0 nitrogen and oxygen atoms in total. The van der Waals surface area contributed by atoms with Crippen molar-refractivity contribution < 1.29 is 0 Å². The Morgan fingerprint density at radius 2 is 1.73 bits per heavy atom. The lowest BCUT2D eigenvalue weighted by molar-refractivity contribution is 1.42. The van der Waals surface area contributed by atoms with Crippen LogP contribution in [0.15, 0.2) is 55.1 Å². The van der Waals surface area contributed by atoms with Crippen molar-refractivity contribution in [1.29, 1.82) is 0 Å². The van der Waals surface area contributed by atoms with E-state index in [2.05, 4.69) is 38.3 Å². The minimum Gasteiger partial charge on any atom is -0.100 e. The zero-order valence-corrected chi connectivity index (χ0v) is 9.96. The van der Waals surface area contributed by atoms with E-state index in [4.69, 9.17) is 0 Å². The van der Waals surface area contributed by atoms with E-state index in [0.717, 1.165) is 0 Å². The maximum absolute atomic E-state index is 3.62. The first-order valence-corrected chi connectivity index (χ1v) is 5.04. The first-order chi connectivity index (χ1) is 7.07. The highest BCUT2D eigenvalue weighted by atomic mass is 13.9. The lowest BCUT2D eigenvalue weighted by atomic mass is 10.1. The van der Waals surface area contributed by atoms with Crippen LogP contribution in [0.3, 0.4) is 0 Å². The largest absolute Gasteiger partial charge is 0.100 e. The highest BCUT2D eigenvalue weighted by Crippen LogP contribution is 2.08. The first-order valence-electron chi connectivity index (χ1n) is 5.04. The van der Waals surface area contributed by atoms with E-state index in [0.29, 0.717) is 0 Å². The van der Waals surface area contributed by atoms with Crippen molar-refractivity contribution in [3.63, 3.8) is 0 Å². The van der Waals surface area contributed by atoms with Gasteiger partial charge < -0.3 is 0 Å². The fourth-order valence-corrected chi connectivity index (χ4v) is 0.945. The quantitative estimate of drug-likeness (QED) is 0.476. The highest BCUT2D eigenvalue weighted by Gasteiger charge is 1.88. The van der Waals surface area contributed by atoms with Crippen LogP contribution in [0.25, 0.3) is 6.08 Å². The fourth-order valence-electron chi connectivity index (χ4n) is 0.945. The summed E-state index contributed by atoms with van der Waals surface area (Å²) in [6, 6.07) is 8.27. The molecule has 0 aliphatic carbocycles. The molecule has 0 fully saturated rings. The summed E-state index contributed by atoms with van der Waals surface area (Å²) in [5.74, 6) is 0. The number of aryl methyl sites for hydroxylation is 1. The molecular formula is C15H20. The van der Waals surface area contributed by atoms with E-state index in [1.807, 2.05) is 32.1 Å². The molecular weight excluding hydrogens is 180 g/mol. The molecule has 0 aromatic heterocycles. The topological polar surface area (TPSA) is 0 Å². The molecule has 0 spiro atoms. The maximum Gasteiger partial charge on any atom is -0.0227 e. The van der Waals surface area contributed by atoms with Gasteiger partial charge in [-0.1, -0.05) is 54.6 Å². The van der Waals surface area contributed by atoms with Crippen LogP contribution in [-0.4, -0.2) is 0 Å². The zero-order chi connectivity index (χ0) is 11.7. The van der Waals surface area contributed by atoms with Gasteiger partial charge in [-0.05, 0) is 31.9 Å². The molecule has 0 unspecified atom stereocenters. The van der Waals surface area contributed by atoms with Gasteiger partial charge in [0.1, 0.15) is 0 Å². The Morgan fingerprint density at radius 3 is 2.20 bits per heavy atom. The highest BCUT2D eigenvalue weighted by molar-refractivity contribution is 5.54. The zero-order valence-electron chi connectivity index (χ0n) is 9.96. The minimum atomic E-state index is 1.17. The van der Waals surface area contributed by atoms with E-state index < -0.39 is 0 Å². The predicted octanol–water partition coefficient (Wildman–Crippen LogP) is 4.78. The summed E-state index contributed by atoms with van der Waals surface area (Å²) in [6.45, 7) is 13.2. The average molecular weight is 200 g/mol. The molecule has 0 N–H and O–H groups in total. The lowest BCUT2D eigenvalue weighted by Crippen LogP contribution is -1.76. The van der Waals surface area contributed by atoms with Crippen molar-refractivity contribution in [2.45, 2.75) is 20.8 Å². The van der Waals surface area contributed by atoms with E-state index in [1.165, 1.54) is 16.7 Å². The van der Waals surface area contributed by atoms with Crippen molar-refractivity contribution in [3.8, 4) is 0 Å². The van der Waals surface area contributed by atoms with Gasteiger partial charge in [-0.2, -0.15) is 0 Å². The third-order valence-electron chi connectivity index (χ3n) is 1.60. The van der Waals surface area contributed by atoms with Crippen molar-refractivity contribution in [2.24, 2.45) is 0 Å². The molecule has 1 aromatic carbocycles. The Morgan fingerprint density at radius 1 is 1.20 bits per heavy atom. The summed E-state index contributed by atoms with van der Waals surface area (Å²) in [5.41, 5.74) is 3.72. The summed E-state index contributed by atoms with van der Waals surface area (Å²) in [4.78, 5) is 0. The summed E-state index contributed by atoms with van der Waals surface area (Å²) in [5, 5.41) is 0. The summed E-state index contributed by atoms with van der Waals surface area (Å²) >= 11 is 0. The average Bonchev–Trinajstić information content (AvgIpc) is 2.16. The molecule has 0 atom stereocenters. The molecule has 0 amide bonds. The predicted molar refractivity (Wildman–Crippen MR) is 70.9 cm³/mol. The van der Waals surface area contributed by atoms with Crippen molar-refractivity contribution in [1.82, 2.24) is 0 Å². The molecule has 15 heavy (non-hydrogen) atoms. The molecule has 0 saturated heterocycles. The van der Waals surface area contributed by atoms with Gasteiger partial charge in [0.05, 0.1) is 0 Å². The van der Waals surface area contributed by atoms with Gasteiger partial charge >= 0.3 is 0 Å². The number of benzene rings is 1. The number of rotatable bonds is 2. The van der Waals surface area contributed by atoms with Gasteiger partial charge in [0, 0.05) is 0 Å². The molecule has 0 aliphatic heterocycles. The fraction of sp³-hybridized carbons (Fsp3) is 0.200. The second kappa shape index (κ2) is 7.81.